The number of carbonyl (C=O) groups excluding carboxylic acids is 2. The van der Waals surface area contributed by atoms with Gasteiger partial charge in [0.25, 0.3) is 0 Å². The number of benzene rings is 1. The van der Waals surface area contributed by atoms with E-state index in [0.29, 0.717) is 24.0 Å². The van der Waals surface area contributed by atoms with Crippen molar-refractivity contribution in [3.05, 3.63) is 60.7 Å². The van der Waals surface area contributed by atoms with Crippen LogP contribution >= 0.6 is 43.5 Å². The zero-order valence-electron chi connectivity index (χ0n) is 17.2. The number of aliphatic carboxylic acids is 1. The van der Waals surface area contributed by atoms with Gasteiger partial charge < -0.3 is 14.8 Å². The van der Waals surface area contributed by atoms with Gasteiger partial charge in [-0.05, 0) is 82.4 Å². The Balaban J connectivity index is 0.00000272. The Hall–Kier alpha value is -0.440. The van der Waals surface area contributed by atoms with Gasteiger partial charge in [0.15, 0.2) is 0 Å². The van der Waals surface area contributed by atoms with E-state index in [1.165, 1.54) is 16.7 Å². The molecule has 1 aromatic heterocycles. The van der Waals surface area contributed by atoms with Crippen LogP contribution in [-0.2, 0) is 22.4 Å². The molecule has 2 heterocycles. The van der Waals surface area contributed by atoms with Gasteiger partial charge in [-0.15, -0.1) is 0 Å². The zero-order valence-corrected chi connectivity index (χ0v) is 23.1. The van der Waals surface area contributed by atoms with Crippen LogP contribution in [0.3, 0.4) is 0 Å². The summed E-state index contributed by atoms with van der Waals surface area (Å²) in [5.41, 5.74) is 4.76. The number of aromatic nitrogens is 1. The number of fused-ring (bicyclic) bond motifs is 2. The molecule has 1 saturated heterocycles. The summed E-state index contributed by atoms with van der Waals surface area (Å²) in [6, 6.07) is 6.14. The molecule has 4 rings (SSSR count). The van der Waals surface area contributed by atoms with Gasteiger partial charge in [0.2, 0.25) is 5.91 Å². The maximum absolute atomic E-state index is 12.1. The van der Waals surface area contributed by atoms with Gasteiger partial charge in [-0.3, -0.25) is 9.78 Å². The molecule has 1 unspecified atom stereocenters. The first-order valence-corrected chi connectivity index (χ1v) is 11.9. The van der Waals surface area contributed by atoms with E-state index in [-0.39, 0.29) is 41.4 Å². The van der Waals surface area contributed by atoms with Crippen LogP contribution in [0.2, 0.25) is 5.02 Å². The predicted molar refractivity (Wildman–Crippen MR) is 119 cm³/mol. The first-order valence-electron chi connectivity index (χ1n) is 9.93. The summed E-state index contributed by atoms with van der Waals surface area (Å²) < 4.78 is 1.95. The minimum absolute atomic E-state index is 0. The minimum atomic E-state index is -1.33. The van der Waals surface area contributed by atoms with Crippen LogP contribution in [0.4, 0.5) is 0 Å². The third-order valence-electron chi connectivity index (χ3n) is 6.08. The van der Waals surface area contributed by atoms with Crippen molar-refractivity contribution in [2.24, 2.45) is 5.92 Å². The number of amides is 1. The van der Waals surface area contributed by atoms with Crippen molar-refractivity contribution in [2.75, 3.05) is 13.1 Å². The molecule has 1 aliphatic carbocycles. The molecule has 9 heteroatoms. The Kier molecular flexibility index (Phi) is 8.66. The molecule has 0 bridgehead atoms. The molecule has 2 aliphatic rings. The van der Waals surface area contributed by atoms with Gasteiger partial charge in [0.1, 0.15) is 0 Å². The number of hydrogen-bond donors (Lipinski definition) is 0. The smallest absolute Gasteiger partial charge is 0.550 e. The number of carbonyl (C=O) groups is 2. The van der Waals surface area contributed by atoms with Gasteiger partial charge in [0, 0.05) is 39.2 Å². The number of likely N-dealkylation sites (tertiary alicyclic amines) is 1. The Morgan fingerprint density at radius 1 is 1.13 bits per heavy atom. The Morgan fingerprint density at radius 2 is 1.81 bits per heavy atom. The number of rotatable bonds is 3. The molecule has 5 nitrogen and oxygen atoms in total. The van der Waals surface area contributed by atoms with Gasteiger partial charge in [-0.1, -0.05) is 27.5 Å². The van der Waals surface area contributed by atoms with E-state index in [0.717, 1.165) is 40.3 Å². The topological polar surface area (TPSA) is 73.3 Å². The molecule has 31 heavy (non-hydrogen) atoms. The largest absolute Gasteiger partial charge is 1.00 e. The van der Waals surface area contributed by atoms with Crippen LogP contribution in [0.5, 0.6) is 0 Å². The van der Waals surface area contributed by atoms with Crippen molar-refractivity contribution in [2.45, 2.75) is 38.0 Å². The van der Waals surface area contributed by atoms with Gasteiger partial charge >= 0.3 is 29.6 Å². The van der Waals surface area contributed by atoms with E-state index in [4.69, 9.17) is 16.6 Å². The monoisotopic (exact) mass is 576 g/mol. The second kappa shape index (κ2) is 10.7. The Bertz CT molecular complexity index is 1010. The third kappa shape index (κ3) is 5.56. The summed E-state index contributed by atoms with van der Waals surface area (Å²) in [5, 5.41) is 11.5. The van der Waals surface area contributed by atoms with Crippen molar-refractivity contribution in [3.8, 4) is 0 Å². The zero-order chi connectivity index (χ0) is 21.4. The molecule has 0 radical (unpaired) electrons. The van der Waals surface area contributed by atoms with E-state index in [1.54, 1.807) is 4.90 Å². The van der Waals surface area contributed by atoms with Crippen LogP contribution < -0.4 is 34.7 Å². The summed E-state index contributed by atoms with van der Waals surface area (Å²) >= 11 is 13.6. The minimum Gasteiger partial charge on any atom is -0.550 e. The first-order chi connectivity index (χ1) is 14.3. The van der Waals surface area contributed by atoms with Crippen molar-refractivity contribution in [1.82, 2.24) is 9.88 Å². The fourth-order valence-corrected chi connectivity index (χ4v) is 6.25. The fraction of sp³-hybridized carbons (Fsp3) is 0.409. The number of aryl methyl sites for hydroxylation is 2. The molecule has 2 aromatic rings. The quantitative estimate of drug-likeness (QED) is 0.401. The molecule has 1 atom stereocenters. The van der Waals surface area contributed by atoms with Crippen LogP contribution in [0.1, 0.15) is 47.6 Å². The van der Waals surface area contributed by atoms with Gasteiger partial charge in [-0.25, -0.2) is 0 Å². The van der Waals surface area contributed by atoms with E-state index >= 15 is 0 Å². The van der Waals surface area contributed by atoms with Crippen LogP contribution in [0.25, 0.3) is 0 Å². The van der Waals surface area contributed by atoms with Crippen LogP contribution in [0.15, 0.2) is 33.3 Å². The summed E-state index contributed by atoms with van der Waals surface area (Å²) in [7, 11) is 0. The van der Waals surface area contributed by atoms with E-state index in [9.17, 15) is 14.7 Å². The number of carboxylic acid groups (broad SMARTS) is 1. The molecule has 0 saturated carbocycles. The average molecular weight is 579 g/mol. The second-order valence-corrected chi connectivity index (χ2v) is 10.1. The molecule has 1 amide bonds. The SMILES string of the molecule is O=C([O-])CC(=O)N1CCC(C2c3ncc(Br)cc3CCc3cc(Cl)cc(Br)c32)CC1.[Na+]. The number of carboxylic acids is 1. The molecule has 1 fully saturated rings. The molecular weight excluding hydrogens is 559 g/mol. The molecule has 0 N–H and O–H groups in total. The number of piperidine rings is 1. The van der Waals surface area contributed by atoms with Crippen LogP contribution in [0, 0.1) is 5.92 Å². The normalized spacial score (nSPS) is 18.4. The maximum Gasteiger partial charge on any atom is 1.00 e. The van der Waals surface area contributed by atoms with Crippen molar-refractivity contribution in [3.63, 3.8) is 0 Å². The average Bonchev–Trinajstić information content (AvgIpc) is 2.84. The second-order valence-electron chi connectivity index (χ2n) is 7.90. The van der Waals surface area contributed by atoms with E-state index < -0.39 is 12.4 Å². The number of halogens is 3. The predicted octanol–water partition coefficient (Wildman–Crippen LogP) is 0.873. The molecule has 158 valence electrons. The first kappa shape index (κ1) is 25.2. The summed E-state index contributed by atoms with van der Waals surface area (Å²) in [4.78, 5) is 29.4. The number of nitrogens with zero attached hydrogens (tertiary/aromatic N) is 2. The summed E-state index contributed by atoms with van der Waals surface area (Å²) in [6.45, 7) is 1.08. The van der Waals surface area contributed by atoms with Crippen molar-refractivity contribution in [1.29, 1.82) is 0 Å². The molecule has 1 aliphatic heterocycles. The van der Waals surface area contributed by atoms with Crippen molar-refractivity contribution < 1.29 is 44.3 Å². The number of pyridine rings is 1. The van der Waals surface area contributed by atoms with E-state index in [1.807, 2.05) is 18.3 Å². The van der Waals surface area contributed by atoms with E-state index in [2.05, 4.69) is 37.9 Å². The third-order valence-corrected chi connectivity index (χ3v) is 7.38. The molecular formula is C22H20Br2ClN2NaO3. The van der Waals surface area contributed by atoms with Gasteiger partial charge in [0.05, 0.1) is 18.1 Å². The fourth-order valence-electron chi connectivity index (χ4n) is 4.75. The Labute approximate surface area is 225 Å². The molecule has 0 spiro atoms. The Morgan fingerprint density at radius 3 is 2.48 bits per heavy atom. The maximum atomic E-state index is 12.1. The van der Waals surface area contributed by atoms with Gasteiger partial charge in [-0.2, -0.15) is 0 Å². The summed E-state index contributed by atoms with van der Waals surface area (Å²) in [6.07, 6.45) is 4.64. The van der Waals surface area contributed by atoms with Crippen molar-refractivity contribution >= 4 is 55.3 Å². The standard InChI is InChI=1S/C22H21Br2ClN2O3.Na/c23-15-7-14-2-1-13-8-16(25)9-17(24)20(13)21(22(14)26-11-15)12-3-5-27(6-4-12)18(28)10-19(29)30;/h7-9,11-12,21H,1-6,10H2,(H,29,30);/q;+1/p-1. The van der Waals surface area contributed by atoms with Crippen LogP contribution in [-0.4, -0.2) is 34.8 Å². The molecule has 1 aromatic carbocycles. The number of hydrogen-bond acceptors (Lipinski definition) is 4. The summed E-state index contributed by atoms with van der Waals surface area (Å²) in [5.74, 6) is -1.32.